The third-order valence-electron chi connectivity index (χ3n) is 4.98. The molecular weight excluding hydrogens is 298 g/mol. The summed E-state index contributed by atoms with van der Waals surface area (Å²) in [7, 11) is 0. The third kappa shape index (κ3) is 3.09. The molecule has 3 atom stereocenters. The molecule has 24 heavy (non-hydrogen) atoms. The first-order chi connectivity index (χ1) is 11.5. The first kappa shape index (κ1) is 16.7. The number of nitrogens with zero attached hydrogens (tertiary/aromatic N) is 1. The van der Waals surface area contributed by atoms with Crippen LogP contribution in [0.15, 0.2) is 60.7 Å². The molecule has 2 aromatic carbocycles. The second-order valence-electron chi connectivity index (χ2n) is 6.80. The molecule has 0 aliphatic carbocycles. The molecule has 2 N–H and O–H groups in total. The van der Waals surface area contributed by atoms with Gasteiger partial charge in [0.1, 0.15) is 5.60 Å². The Morgan fingerprint density at radius 3 is 2.25 bits per heavy atom. The predicted molar refractivity (Wildman–Crippen MR) is 95.1 cm³/mol. The number of piperidine rings is 1. The highest BCUT2D eigenvalue weighted by molar-refractivity contribution is 5.28. The maximum absolute atomic E-state index is 10.8. The van der Waals surface area contributed by atoms with Crippen molar-refractivity contribution in [3.8, 4) is 12.3 Å². The lowest BCUT2D eigenvalue weighted by molar-refractivity contribution is -0.166. The highest BCUT2D eigenvalue weighted by Gasteiger charge is 2.52. The van der Waals surface area contributed by atoms with Crippen LogP contribution in [-0.2, 0) is 6.54 Å². The van der Waals surface area contributed by atoms with E-state index in [-0.39, 0.29) is 6.04 Å². The average Bonchev–Trinajstić information content (AvgIpc) is 2.59. The van der Waals surface area contributed by atoms with Crippen molar-refractivity contribution in [3.05, 3.63) is 71.8 Å². The smallest absolute Gasteiger partial charge is 0.156 e. The van der Waals surface area contributed by atoms with Gasteiger partial charge in [-0.1, -0.05) is 66.6 Å². The number of hydrogen-bond acceptors (Lipinski definition) is 3. The van der Waals surface area contributed by atoms with Crippen LogP contribution in [-0.4, -0.2) is 32.9 Å². The van der Waals surface area contributed by atoms with Crippen LogP contribution in [0.4, 0.5) is 0 Å². The zero-order chi connectivity index (χ0) is 17.2. The van der Waals surface area contributed by atoms with Gasteiger partial charge in [0.2, 0.25) is 0 Å². The number of β-amino-alcohol motifs (C(OH)–C–C–N with tert-alkyl or cyclic N) is 1. The van der Waals surface area contributed by atoms with E-state index in [1.165, 1.54) is 5.56 Å². The number of hydrogen-bond donors (Lipinski definition) is 2. The van der Waals surface area contributed by atoms with E-state index < -0.39 is 11.2 Å². The molecule has 1 fully saturated rings. The third-order valence-corrected chi connectivity index (χ3v) is 4.98. The van der Waals surface area contributed by atoms with Gasteiger partial charge in [-0.3, -0.25) is 4.90 Å². The molecule has 0 spiro atoms. The van der Waals surface area contributed by atoms with Crippen molar-refractivity contribution >= 4 is 0 Å². The summed E-state index contributed by atoms with van der Waals surface area (Å²) in [5, 5.41) is 21.6. The van der Waals surface area contributed by atoms with Crippen molar-refractivity contribution in [3.63, 3.8) is 0 Å². The molecule has 0 bridgehead atoms. The summed E-state index contributed by atoms with van der Waals surface area (Å²) in [5.74, 6) is 2.43. The number of aliphatic hydroxyl groups is 2. The molecule has 1 aliphatic rings. The summed E-state index contributed by atoms with van der Waals surface area (Å²) in [5.41, 5.74) is -0.638. The number of rotatable bonds is 3. The molecule has 3 nitrogen and oxygen atoms in total. The van der Waals surface area contributed by atoms with Gasteiger partial charge in [0.15, 0.2) is 5.60 Å². The fourth-order valence-electron chi connectivity index (χ4n) is 3.47. The van der Waals surface area contributed by atoms with Crippen molar-refractivity contribution in [1.82, 2.24) is 4.90 Å². The molecule has 0 unspecified atom stereocenters. The summed E-state index contributed by atoms with van der Waals surface area (Å²) in [6, 6.07) is 20.1. The lowest BCUT2D eigenvalue weighted by atomic mass is 9.74. The second kappa shape index (κ2) is 6.41. The van der Waals surface area contributed by atoms with E-state index in [1.54, 1.807) is 6.92 Å². The molecule has 0 aromatic heterocycles. The zero-order valence-electron chi connectivity index (χ0n) is 13.9. The lowest BCUT2D eigenvalue weighted by Crippen LogP contribution is -2.63. The monoisotopic (exact) mass is 321 g/mol. The Bertz CT molecular complexity index is 721. The molecule has 0 amide bonds. The quantitative estimate of drug-likeness (QED) is 0.855. The minimum atomic E-state index is -1.54. The summed E-state index contributed by atoms with van der Waals surface area (Å²) < 4.78 is 0. The normalized spacial score (nSPS) is 30.7. The van der Waals surface area contributed by atoms with Crippen molar-refractivity contribution in [2.75, 3.05) is 6.54 Å². The average molecular weight is 321 g/mol. The van der Waals surface area contributed by atoms with Gasteiger partial charge in [-0.15, -0.1) is 6.42 Å². The minimum Gasteiger partial charge on any atom is -0.385 e. The highest BCUT2D eigenvalue weighted by atomic mass is 16.4. The number of likely N-dealkylation sites (tertiary alicyclic amines) is 1. The van der Waals surface area contributed by atoms with E-state index in [9.17, 15) is 10.2 Å². The Morgan fingerprint density at radius 2 is 1.67 bits per heavy atom. The van der Waals surface area contributed by atoms with Crippen molar-refractivity contribution in [2.24, 2.45) is 0 Å². The van der Waals surface area contributed by atoms with Gasteiger partial charge in [-0.2, -0.15) is 0 Å². The molecule has 0 saturated carbocycles. The van der Waals surface area contributed by atoms with Crippen LogP contribution in [0.1, 0.15) is 30.5 Å². The summed E-state index contributed by atoms with van der Waals surface area (Å²) in [6.07, 6.45) is 5.87. The molecule has 2 aromatic rings. The van der Waals surface area contributed by atoms with Crippen LogP contribution >= 0.6 is 0 Å². The number of benzene rings is 2. The topological polar surface area (TPSA) is 43.7 Å². The molecule has 1 heterocycles. The lowest BCUT2D eigenvalue weighted by Gasteiger charge is -2.50. The molecule has 3 heteroatoms. The Labute approximate surface area is 143 Å². The van der Waals surface area contributed by atoms with Gasteiger partial charge in [-0.25, -0.2) is 0 Å². The van der Waals surface area contributed by atoms with Gasteiger partial charge in [-0.05, 0) is 18.1 Å². The maximum atomic E-state index is 10.8. The van der Waals surface area contributed by atoms with Gasteiger partial charge in [0.25, 0.3) is 0 Å². The van der Waals surface area contributed by atoms with Crippen LogP contribution in [0.2, 0.25) is 0 Å². The first-order valence-electron chi connectivity index (χ1n) is 8.21. The van der Waals surface area contributed by atoms with Crippen LogP contribution < -0.4 is 0 Å². The molecule has 124 valence electrons. The SMILES string of the molecule is C#C[C@@]1(O)C[C@@H](c2ccccc2)N(Cc2ccccc2)C[C@]1(C)O. The Kier molecular flexibility index (Phi) is 4.47. The summed E-state index contributed by atoms with van der Waals surface area (Å²) in [4.78, 5) is 2.19. The summed E-state index contributed by atoms with van der Waals surface area (Å²) in [6.45, 7) is 2.62. The van der Waals surface area contributed by atoms with E-state index >= 15 is 0 Å². The largest absolute Gasteiger partial charge is 0.385 e. The van der Waals surface area contributed by atoms with Crippen molar-refractivity contribution in [1.29, 1.82) is 0 Å². The molecule has 0 radical (unpaired) electrons. The molecule has 1 saturated heterocycles. The van der Waals surface area contributed by atoms with Gasteiger partial charge in [0, 0.05) is 25.6 Å². The van der Waals surface area contributed by atoms with Crippen LogP contribution in [0.25, 0.3) is 0 Å². The van der Waals surface area contributed by atoms with Gasteiger partial charge < -0.3 is 10.2 Å². The molecule has 1 aliphatic heterocycles. The van der Waals surface area contributed by atoms with E-state index in [0.29, 0.717) is 19.5 Å². The second-order valence-corrected chi connectivity index (χ2v) is 6.80. The Morgan fingerprint density at radius 1 is 1.08 bits per heavy atom. The Balaban J connectivity index is 1.96. The molecular formula is C21H23NO2. The zero-order valence-corrected chi connectivity index (χ0v) is 13.9. The van der Waals surface area contributed by atoms with Crippen LogP contribution in [0, 0.1) is 12.3 Å². The maximum Gasteiger partial charge on any atom is 0.156 e. The van der Waals surface area contributed by atoms with Crippen LogP contribution in [0.5, 0.6) is 0 Å². The van der Waals surface area contributed by atoms with E-state index in [2.05, 4.69) is 23.0 Å². The standard InChI is InChI=1S/C21H23NO2/c1-3-21(24)14-19(18-12-8-5-9-13-18)22(16-20(21,2)23)15-17-10-6-4-7-11-17/h1,4-13,19,23-24H,14-16H2,2H3/t19-,20-,21+/m0/s1. The van der Waals surface area contributed by atoms with E-state index in [0.717, 1.165) is 5.56 Å². The number of terminal acetylenes is 1. The highest BCUT2D eigenvalue weighted by Crippen LogP contribution is 2.42. The van der Waals surface area contributed by atoms with Crippen molar-refractivity contribution in [2.45, 2.75) is 37.1 Å². The fraction of sp³-hybridized carbons (Fsp3) is 0.333. The molecule has 3 rings (SSSR count). The van der Waals surface area contributed by atoms with Gasteiger partial charge in [0.05, 0.1) is 0 Å². The van der Waals surface area contributed by atoms with Crippen LogP contribution in [0.3, 0.4) is 0 Å². The fourth-order valence-corrected chi connectivity index (χ4v) is 3.47. The van der Waals surface area contributed by atoms with Gasteiger partial charge >= 0.3 is 0 Å². The predicted octanol–water partition coefficient (Wildman–Crippen LogP) is 2.75. The Hall–Kier alpha value is -2.12. The van der Waals surface area contributed by atoms with E-state index in [4.69, 9.17) is 6.42 Å². The van der Waals surface area contributed by atoms with Crippen molar-refractivity contribution < 1.29 is 10.2 Å². The van der Waals surface area contributed by atoms with E-state index in [1.807, 2.05) is 48.5 Å². The summed E-state index contributed by atoms with van der Waals surface area (Å²) >= 11 is 0. The minimum absolute atomic E-state index is 0.0484. The first-order valence-corrected chi connectivity index (χ1v) is 8.21.